The number of nitrogens with two attached hydrogens (primary N) is 1. The van der Waals surface area contributed by atoms with Crippen LogP contribution >= 0.6 is 0 Å². The Balaban J connectivity index is 3.22. The van der Waals surface area contributed by atoms with Gasteiger partial charge in [0.2, 0.25) is 0 Å². The molecule has 13 heavy (non-hydrogen) atoms. The minimum absolute atomic E-state index is 0.0881. The lowest BCUT2D eigenvalue weighted by Crippen LogP contribution is -2.06. The van der Waals surface area contributed by atoms with E-state index in [1.54, 1.807) is 6.92 Å². The molecule has 0 fully saturated rings. The summed E-state index contributed by atoms with van der Waals surface area (Å²) in [6.45, 7) is 1.70. The van der Waals surface area contributed by atoms with Crippen molar-refractivity contribution >= 4 is 0 Å². The van der Waals surface area contributed by atoms with E-state index in [2.05, 4.69) is 0 Å². The quantitative estimate of drug-likeness (QED) is 0.735. The van der Waals surface area contributed by atoms with E-state index in [-0.39, 0.29) is 17.5 Å². The number of hydrogen-bond acceptors (Lipinski definition) is 3. The first kappa shape index (κ1) is 9.80. The SMILES string of the molecule is COc1cc(C(C)N)c(O)cc1F. The van der Waals surface area contributed by atoms with Gasteiger partial charge in [0.25, 0.3) is 0 Å². The van der Waals surface area contributed by atoms with Gasteiger partial charge in [-0.25, -0.2) is 4.39 Å². The van der Waals surface area contributed by atoms with Crippen LogP contribution in [0.25, 0.3) is 0 Å². The maximum atomic E-state index is 13.0. The van der Waals surface area contributed by atoms with E-state index in [1.165, 1.54) is 13.2 Å². The van der Waals surface area contributed by atoms with Gasteiger partial charge in [-0.2, -0.15) is 0 Å². The molecule has 0 saturated carbocycles. The van der Waals surface area contributed by atoms with Crippen LogP contribution in [-0.2, 0) is 0 Å². The number of rotatable bonds is 2. The van der Waals surface area contributed by atoms with Gasteiger partial charge in [-0.1, -0.05) is 0 Å². The molecular formula is C9H12FNO2. The number of phenols is 1. The molecule has 0 aliphatic rings. The Morgan fingerprint density at radius 3 is 2.62 bits per heavy atom. The van der Waals surface area contributed by atoms with E-state index >= 15 is 0 Å². The van der Waals surface area contributed by atoms with E-state index in [4.69, 9.17) is 10.5 Å². The molecule has 0 aromatic heterocycles. The molecule has 4 heteroatoms. The van der Waals surface area contributed by atoms with E-state index < -0.39 is 5.82 Å². The Kier molecular flexibility index (Phi) is 2.72. The summed E-state index contributed by atoms with van der Waals surface area (Å²) in [5.74, 6) is -0.650. The second-order valence-electron chi connectivity index (χ2n) is 2.83. The summed E-state index contributed by atoms with van der Waals surface area (Å²) in [6.07, 6.45) is 0. The zero-order valence-electron chi connectivity index (χ0n) is 7.54. The number of benzene rings is 1. The maximum absolute atomic E-state index is 13.0. The van der Waals surface area contributed by atoms with Crippen LogP contribution in [0.2, 0.25) is 0 Å². The third-order valence-corrected chi connectivity index (χ3v) is 1.79. The van der Waals surface area contributed by atoms with Gasteiger partial charge in [0.1, 0.15) is 5.75 Å². The molecule has 0 saturated heterocycles. The monoisotopic (exact) mass is 185 g/mol. The van der Waals surface area contributed by atoms with E-state index in [1.807, 2.05) is 0 Å². The molecule has 0 aliphatic heterocycles. The second kappa shape index (κ2) is 3.62. The molecule has 0 bridgehead atoms. The van der Waals surface area contributed by atoms with Crippen LogP contribution in [0.15, 0.2) is 12.1 Å². The molecule has 0 amide bonds. The summed E-state index contributed by atoms with van der Waals surface area (Å²) in [7, 11) is 1.36. The average Bonchev–Trinajstić information content (AvgIpc) is 2.03. The Bertz CT molecular complexity index is 313. The van der Waals surface area contributed by atoms with Gasteiger partial charge in [0, 0.05) is 17.7 Å². The molecule has 0 spiro atoms. The number of ether oxygens (including phenoxy) is 1. The predicted molar refractivity (Wildman–Crippen MR) is 47.2 cm³/mol. The summed E-state index contributed by atoms with van der Waals surface area (Å²) < 4.78 is 17.7. The second-order valence-corrected chi connectivity index (χ2v) is 2.83. The molecule has 0 radical (unpaired) electrons. The third kappa shape index (κ3) is 1.89. The largest absolute Gasteiger partial charge is 0.507 e. The molecule has 0 aliphatic carbocycles. The molecule has 1 aromatic carbocycles. The predicted octanol–water partition coefficient (Wildman–Crippen LogP) is 1.56. The highest BCUT2D eigenvalue weighted by Crippen LogP contribution is 2.29. The minimum atomic E-state index is -0.593. The van der Waals surface area contributed by atoms with Gasteiger partial charge in [-0.3, -0.25) is 0 Å². The van der Waals surface area contributed by atoms with Crippen LogP contribution in [-0.4, -0.2) is 12.2 Å². The Morgan fingerprint density at radius 2 is 2.15 bits per heavy atom. The number of halogens is 1. The minimum Gasteiger partial charge on any atom is -0.507 e. The summed E-state index contributed by atoms with van der Waals surface area (Å²) in [6, 6.07) is 2.04. The van der Waals surface area contributed by atoms with Gasteiger partial charge in [-0.15, -0.1) is 0 Å². The van der Waals surface area contributed by atoms with Crippen LogP contribution < -0.4 is 10.5 Å². The van der Waals surface area contributed by atoms with Crippen molar-refractivity contribution < 1.29 is 14.2 Å². The van der Waals surface area contributed by atoms with E-state index in [0.717, 1.165) is 6.07 Å². The Morgan fingerprint density at radius 1 is 1.54 bits per heavy atom. The highest BCUT2D eigenvalue weighted by Gasteiger charge is 2.11. The van der Waals surface area contributed by atoms with Gasteiger partial charge < -0.3 is 15.6 Å². The number of phenolic OH excluding ortho intramolecular Hbond substituents is 1. The summed E-state index contributed by atoms with van der Waals surface area (Å²) in [5, 5.41) is 9.31. The zero-order valence-corrected chi connectivity index (χ0v) is 7.54. The van der Waals surface area contributed by atoms with Crippen molar-refractivity contribution in [3.63, 3.8) is 0 Å². The first-order valence-electron chi connectivity index (χ1n) is 3.88. The van der Waals surface area contributed by atoms with Crippen molar-refractivity contribution in [2.45, 2.75) is 13.0 Å². The normalized spacial score (nSPS) is 12.6. The molecule has 1 unspecified atom stereocenters. The molecule has 1 rings (SSSR count). The lowest BCUT2D eigenvalue weighted by atomic mass is 10.1. The Hall–Kier alpha value is -1.29. The van der Waals surface area contributed by atoms with Crippen LogP contribution in [0.1, 0.15) is 18.5 Å². The van der Waals surface area contributed by atoms with Gasteiger partial charge in [0.05, 0.1) is 7.11 Å². The lowest BCUT2D eigenvalue weighted by Gasteiger charge is -2.10. The van der Waals surface area contributed by atoms with Crippen molar-refractivity contribution in [2.24, 2.45) is 5.73 Å². The van der Waals surface area contributed by atoms with Crippen LogP contribution in [0.5, 0.6) is 11.5 Å². The molecular weight excluding hydrogens is 173 g/mol. The van der Waals surface area contributed by atoms with Crippen molar-refractivity contribution in [2.75, 3.05) is 7.11 Å². The van der Waals surface area contributed by atoms with Crippen molar-refractivity contribution in [3.8, 4) is 11.5 Å². The lowest BCUT2D eigenvalue weighted by molar-refractivity contribution is 0.380. The molecule has 72 valence electrons. The zero-order chi connectivity index (χ0) is 10.0. The summed E-state index contributed by atoms with van der Waals surface area (Å²) in [4.78, 5) is 0. The van der Waals surface area contributed by atoms with Gasteiger partial charge >= 0.3 is 0 Å². The van der Waals surface area contributed by atoms with Crippen molar-refractivity contribution in [1.29, 1.82) is 0 Å². The number of methoxy groups -OCH3 is 1. The van der Waals surface area contributed by atoms with Crippen LogP contribution in [0.4, 0.5) is 4.39 Å². The molecule has 1 atom stereocenters. The summed E-state index contributed by atoms with van der Waals surface area (Å²) in [5.41, 5.74) is 6.02. The fraction of sp³-hybridized carbons (Fsp3) is 0.333. The fourth-order valence-electron chi connectivity index (χ4n) is 1.08. The Labute approximate surface area is 75.9 Å². The van der Waals surface area contributed by atoms with Crippen molar-refractivity contribution in [3.05, 3.63) is 23.5 Å². The van der Waals surface area contributed by atoms with Gasteiger partial charge in [-0.05, 0) is 13.0 Å². The number of aromatic hydroxyl groups is 1. The van der Waals surface area contributed by atoms with Crippen LogP contribution in [0, 0.1) is 5.82 Å². The van der Waals surface area contributed by atoms with Crippen LogP contribution in [0.3, 0.4) is 0 Å². The molecule has 0 heterocycles. The average molecular weight is 185 g/mol. The van der Waals surface area contributed by atoms with Gasteiger partial charge in [0.15, 0.2) is 11.6 Å². The fourth-order valence-corrected chi connectivity index (χ4v) is 1.08. The van der Waals surface area contributed by atoms with E-state index in [0.29, 0.717) is 5.56 Å². The standard InChI is InChI=1S/C9H12FNO2/c1-5(11)6-3-9(13-2)7(10)4-8(6)12/h3-5,12H,11H2,1-2H3. The molecule has 3 N–H and O–H groups in total. The maximum Gasteiger partial charge on any atom is 0.168 e. The van der Waals surface area contributed by atoms with Crippen molar-refractivity contribution in [1.82, 2.24) is 0 Å². The topological polar surface area (TPSA) is 55.5 Å². The first-order valence-corrected chi connectivity index (χ1v) is 3.88. The number of hydrogen-bond donors (Lipinski definition) is 2. The highest BCUT2D eigenvalue weighted by atomic mass is 19.1. The molecule has 3 nitrogen and oxygen atoms in total. The highest BCUT2D eigenvalue weighted by molar-refractivity contribution is 5.42. The third-order valence-electron chi connectivity index (χ3n) is 1.79. The summed E-state index contributed by atoms with van der Waals surface area (Å²) >= 11 is 0. The molecule has 1 aromatic rings. The smallest absolute Gasteiger partial charge is 0.168 e. The first-order chi connectivity index (χ1) is 6.06. The van der Waals surface area contributed by atoms with E-state index in [9.17, 15) is 9.50 Å².